The summed E-state index contributed by atoms with van der Waals surface area (Å²) < 4.78 is 17.9. The van der Waals surface area contributed by atoms with Crippen LogP contribution < -0.4 is 5.32 Å². The van der Waals surface area contributed by atoms with Crippen LogP contribution in [0.3, 0.4) is 0 Å². The highest BCUT2D eigenvalue weighted by Crippen LogP contribution is 2.43. The van der Waals surface area contributed by atoms with Crippen molar-refractivity contribution < 1.29 is 14.2 Å². The van der Waals surface area contributed by atoms with Crippen molar-refractivity contribution in [1.82, 2.24) is 5.32 Å². The number of rotatable bonds is 6. The Bertz CT molecular complexity index is 548. The maximum atomic E-state index is 12.1. The average Bonchev–Trinajstić information content (AvgIpc) is 2.48. The van der Waals surface area contributed by atoms with Crippen molar-refractivity contribution in [2.24, 2.45) is 0 Å². The summed E-state index contributed by atoms with van der Waals surface area (Å²) >= 11 is 11.9. The first kappa shape index (κ1) is 18.3. The molecule has 1 unspecified atom stereocenters. The summed E-state index contributed by atoms with van der Waals surface area (Å²) in [5.74, 6) is 0. The first-order chi connectivity index (χ1) is 10.4. The molecule has 1 aliphatic heterocycles. The zero-order valence-electron chi connectivity index (χ0n) is 12.6. The van der Waals surface area contributed by atoms with E-state index in [4.69, 9.17) is 27.9 Å². The van der Waals surface area contributed by atoms with Crippen molar-refractivity contribution in [3.63, 3.8) is 0 Å². The van der Waals surface area contributed by atoms with Crippen LogP contribution in [-0.2, 0) is 9.30 Å². The molecule has 1 heterocycles. The Kier molecular flexibility index (Phi) is 6.75. The van der Waals surface area contributed by atoms with Gasteiger partial charge < -0.3 is 14.9 Å². The van der Waals surface area contributed by atoms with Gasteiger partial charge >= 0.3 is 0 Å². The lowest BCUT2D eigenvalue weighted by Gasteiger charge is -2.31. The van der Waals surface area contributed by atoms with E-state index in [1.165, 1.54) is 0 Å². The van der Waals surface area contributed by atoms with Gasteiger partial charge in [-0.2, -0.15) is 0 Å². The van der Waals surface area contributed by atoms with Crippen molar-refractivity contribution in [1.29, 1.82) is 0 Å². The van der Waals surface area contributed by atoms with Crippen LogP contribution in [0.1, 0.15) is 31.4 Å². The normalized spacial score (nSPS) is 24.9. The summed E-state index contributed by atoms with van der Waals surface area (Å²) in [6.07, 6.45) is 2.08. The quantitative estimate of drug-likeness (QED) is 0.745. The van der Waals surface area contributed by atoms with Gasteiger partial charge in [0.2, 0.25) is 7.37 Å². The molecule has 0 bridgehead atoms. The topological polar surface area (TPSA) is 58.6 Å². The van der Waals surface area contributed by atoms with E-state index in [2.05, 4.69) is 5.32 Å². The van der Waals surface area contributed by atoms with Gasteiger partial charge in [0.05, 0.1) is 35.0 Å². The van der Waals surface area contributed by atoms with E-state index in [-0.39, 0.29) is 18.3 Å². The molecule has 22 heavy (non-hydrogen) atoms. The second-order valence-corrected chi connectivity index (χ2v) is 9.02. The monoisotopic (exact) mass is 365 g/mol. The maximum Gasteiger partial charge on any atom is 0.203 e. The highest BCUT2D eigenvalue weighted by atomic mass is 35.5. The van der Waals surface area contributed by atoms with Crippen LogP contribution in [-0.4, -0.2) is 36.5 Å². The predicted octanol–water partition coefficient (Wildman–Crippen LogP) is 4.09. The molecule has 2 N–H and O–H groups in total. The van der Waals surface area contributed by atoms with E-state index < -0.39 is 7.37 Å². The van der Waals surface area contributed by atoms with Crippen LogP contribution in [0.5, 0.6) is 0 Å². The van der Waals surface area contributed by atoms with Crippen LogP contribution in [0.2, 0.25) is 10.0 Å². The number of halogens is 2. The molecule has 1 aromatic rings. The van der Waals surface area contributed by atoms with Gasteiger partial charge in [-0.3, -0.25) is 4.57 Å². The average molecular weight is 366 g/mol. The molecule has 4 nitrogen and oxygen atoms in total. The molecule has 1 aromatic carbocycles. The number of morpholine rings is 1. The first-order valence-electron chi connectivity index (χ1n) is 7.52. The van der Waals surface area contributed by atoms with Gasteiger partial charge in [0, 0.05) is 12.7 Å². The van der Waals surface area contributed by atoms with Crippen molar-refractivity contribution in [2.75, 3.05) is 25.5 Å². The van der Waals surface area contributed by atoms with Crippen LogP contribution >= 0.6 is 30.6 Å². The Balaban J connectivity index is 1.87. The fourth-order valence-corrected chi connectivity index (χ4v) is 4.67. The van der Waals surface area contributed by atoms with Crippen molar-refractivity contribution >= 4 is 30.6 Å². The van der Waals surface area contributed by atoms with E-state index >= 15 is 0 Å². The molecule has 7 heteroatoms. The minimum absolute atomic E-state index is 0.0275. The molecule has 0 aromatic heterocycles. The van der Waals surface area contributed by atoms with Gasteiger partial charge in [0.1, 0.15) is 0 Å². The maximum absolute atomic E-state index is 12.1. The molecule has 2 rings (SSSR count). The molecule has 0 amide bonds. The third-order valence-corrected chi connectivity index (χ3v) is 6.52. The molecule has 0 radical (unpaired) electrons. The lowest BCUT2D eigenvalue weighted by molar-refractivity contribution is 0.0157. The fourth-order valence-electron chi connectivity index (χ4n) is 2.50. The van der Waals surface area contributed by atoms with Gasteiger partial charge in [0.25, 0.3) is 0 Å². The van der Waals surface area contributed by atoms with Crippen molar-refractivity contribution in [2.45, 2.75) is 31.9 Å². The van der Waals surface area contributed by atoms with E-state index in [0.717, 1.165) is 18.4 Å². The van der Waals surface area contributed by atoms with E-state index in [1.54, 1.807) is 6.07 Å². The number of unbranched alkanes of at least 4 members (excludes halogenated alkanes) is 1. The Morgan fingerprint density at radius 3 is 2.77 bits per heavy atom. The molecule has 0 saturated carbocycles. The second kappa shape index (κ2) is 8.14. The Labute approximate surface area is 141 Å². The predicted molar refractivity (Wildman–Crippen MR) is 91.4 cm³/mol. The summed E-state index contributed by atoms with van der Waals surface area (Å²) in [7, 11) is -3.09. The van der Waals surface area contributed by atoms with Gasteiger partial charge in [-0.25, -0.2) is 0 Å². The lowest BCUT2D eigenvalue weighted by Crippen LogP contribution is -2.42. The van der Waals surface area contributed by atoms with Crippen LogP contribution in [0.4, 0.5) is 0 Å². The number of benzene rings is 1. The van der Waals surface area contributed by atoms with Crippen molar-refractivity contribution in [3.8, 4) is 0 Å². The van der Waals surface area contributed by atoms with Gasteiger partial charge in [-0.1, -0.05) is 42.6 Å². The SMILES string of the molecule is CCCCP(=O)(O)C[C@H]1CN[C@@H](c2ccc(Cl)c(Cl)c2)CO1. The van der Waals surface area contributed by atoms with E-state index in [0.29, 0.717) is 29.4 Å². The van der Waals surface area contributed by atoms with E-state index in [1.807, 2.05) is 19.1 Å². The third kappa shape index (κ3) is 5.23. The fraction of sp³-hybridized carbons (Fsp3) is 0.600. The van der Waals surface area contributed by atoms with Crippen LogP contribution in [0.15, 0.2) is 18.2 Å². The largest absolute Gasteiger partial charge is 0.374 e. The summed E-state index contributed by atoms with van der Waals surface area (Å²) in [6.45, 7) is 3.03. The zero-order valence-corrected chi connectivity index (χ0v) is 15.0. The van der Waals surface area contributed by atoms with Gasteiger partial charge in [0.15, 0.2) is 0 Å². The number of hydrogen-bond donors (Lipinski definition) is 2. The summed E-state index contributed by atoms with van der Waals surface area (Å²) in [4.78, 5) is 9.96. The molecule has 0 spiro atoms. The standard InChI is InChI=1S/C15H22Cl2NO3P/c1-2-3-6-22(19,20)10-12-8-18-15(9-21-12)11-4-5-13(16)14(17)7-11/h4-5,7,12,15,18H,2-3,6,8-10H2,1H3,(H,19,20)/t12-,15-/m1/s1. The minimum atomic E-state index is -3.09. The third-order valence-electron chi connectivity index (χ3n) is 3.79. The lowest BCUT2D eigenvalue weighted by atomic mass is 10.1. The highest BCUT2D eigenvalue weighted by Gasteiger charge is 2.29. The molecule has 1 fully saturated rings. The molecule has 3 atom stereocenters. The molecule has 124 valence electrons. The van der Waals surface area contributed by atoms with Gasteiger partial charge in [-0.15, -0.1) is 0 Å². The Morgan fingerprint density at radius 1 is 1.41 bits per heavy atom. The number of hydrogen-bond acceptors (Lipinski definition) is 3. The highest BCUT2D eigenvalue weighted by molar-refractivity contribution is 7.58. The second-order valence-electron chi connectivity index (χ2n) is 5.70. The van der Waals surface area contributed by atoms with Crippen LogP contribution in [0, 0.1) is 0 Å². The summed E-state index contributed by atoms with van der Waals surface area (Å²) in [6, 6.07) is 5.52. The summed E-state index contributed by atoms with van der Waals surface area (Å²) in [5, 5.41) is 4.39. The Morgan fingerprint density at radius 2 is 2.18 bits per heavy atom. The molecule has 1 aliphatic rings. The number of nitrogens with one attached hydrogen (secondary N) is 1. The minimum Gasteiger partial charge on any atom is -0.374 e. The Hall–Kier alpha value is -0.0900. The first-order valence-corrected chi connectivity index (χ1v) is 10.3. The molecular weight excluding hydrogens is 344 g/mol. The smallest absolute Gasteiger partial charge is 0.203 e. The van der Waals surface area contributed by atoms with Crippen molar-refractivity contribution in [3.05, 3.63) is 33.8 Å². The molecule has 1 saturated heterocycles. The van der Waals surface area contributed by atoms with Gasteiger partial charge in [-0.05, 0) is 24.1 Å². The van der Waals surface area contributed by atoms with E-state index in [9.17, 15) is 9.46 Å². The molecule has 0 aliphatic carbocycles. The number of ether oxygens (including phenoxy) is 1. The zero-order chi connectivity index (χ0) is 16.2. The summed E-state index contributed by atoms with van der Waals surface area (Å²) in [5.41, 5.74) is 1.01. The van der Waals surface area contributed by atoms with Crippen LogP contribution in [0.25, 0.3) is 0 Å². The molecular formula is C15H22Cl2NO3P.